The van der Waals surface area contributed by atoms with Crippen LogP contribution in [-0.4, -0.2) is 55.3 Å². The first-order valence-corrected chi connectivity index (χ1v) is 12.7. The van der Waals surface area contributed by atoms with E-state index in [-0.39, 0.29) is 12.2 Å². The minimum absolute atomic E-state index is 0.109. The first kappa shape index (κ1) is 24.7. The molecule has 192 valence electrons. The highest BCUT2D eigenvalue weighted by Crippen LogP contribution is 2.62. The molecule has 1 N–H and O–H groups in total. The van der Waals surface area contributed by atoms with Crippen LogP contribution in [0, 0.1) is 17.8 Å². The van der Waals surface area contributed by atoms with E-state index in [1.54, 1.807) is 20.4 Å². The van der Waals surface area contributed by atoms with Crippen LogP contribution in [0.15, 0.2) is 30.5 Å². The molecule has 36 heavy (non-hydrogen) atoms. The zero-order chi connectivity index (χ0) is 25.1. The molecule has 0 aliphatic heterocycles. The van der Waals surface area contributed by atoms with E-state index in [9.17, 15) is 4.79 Å². The number of methoxy groups -OCH3 is 2. The fourth-order valence-electron chi connectivity index (χ4n) is 6.93. The van der Waals surface area contributed by atoms with Crippen LogP contribution >= 0.6 is 0 Å². The number of nitrogens with zero attached hydrogens (tertiary/aromatic N) is 2. The number of rotatable bonds is 11. The number of carboxylic acid groups (broad SMARTS) is 1. The van der Waals surface area contributed by atoms with Crippen LogP contribution in [0.2, 0.25) is 0 Å². The largest absolute Gasteiger partial charge is 0.479 e. The van der Waals surface area contributed by atoms with Crippen LogP contribution < -0.4 is 9.47 Å². The fraction of sp³-hybridized carbons (Fsp3) is 0.536. The third-order valence-electron chi connectivity index (χ3n) is 7.94. The molecule has 6 rings (SSSR count). The number of aromatic nitrogens is 2. The van der Waals surface area contributed by atoms with Crippen molar-refractivity contribution in [2.75, 3.05) is 34.2 Å². The maximum atomic E-state index is 10.9. The summed E-state index contributed by atoms with van der Waals surface area (Å²) in [5.74, 6) is 2.56. The SMILES string of the molecule is COCCOCOc1ccc(-c2ncc(/C=C/C(=O)O)nc2OC)cc1C12CC3CC(CC(C3)C1)C2. The van der Waals surface area contributed by atoms with Crippen molar-refractivity contribution in [2.24, 2.45) is 17.8 Å². The van der Waals surface area contributed by atoms with Crippen LogP contribution in [0.3, 0.4) is 0 Å². The van der Waals surface area contributed by atoms with E-state index in [0.717, 1.165) is 35.1 Å². The fourth-order valence-corrected chi connectivity index (χ4v) is 6.93. The van der Waals surface area contributed by atoms with Gasteiger partial charge in [-0.05, 0) is 86.0 Å². The summed E-state index contributed by atoms with van der Waals surface area (Å²) in [7, 11) is 3.20. The minimum Gasteiger partial charge on any atom is -0.479 e. The van der Waals surface area contributed by atoms with E-state index in [4.69, 9.17) is 24.1 Å². The van der Waals surface area contributed by atoms with Gasteiger partial charge < -0.3 is 24.1 Å². The zero-order valence-corrected chi connectivity index (χ0v) is 20.9. The second-order valence-corrected chi connectivity index (χ2v) is 10.4. The van der Waals surface area contributed by atoms with Crippen LogP contribution in [0.25, 0.3) is 17.3 Å². The molecule has 0 radical (unpaired) electrons. The van der Waals surface area contributed by atoms with Crippen LogP contribution in [0.5, 0.6) is 11.6 Å². The number of ether oxygens (including phenoxy) is 4. The molecule has 0 saturated heterocycles. The van der Waals surface area contributed by atoms with Crippen molar-refractivity contribution in [3.05, 3.63) is 41.7 Å². The first-order valence-electron chi connectivity index (χ1n) is 12.7. The Kier molecular flexibility index (Phi) is 7.25. The number of hydrogen-bond donors (Lipinski definition) is 1. The molecule has 8 nitrogen and oxygen atoms in total. The predicted octanol–water partition coefficient (Wildman–Crippen LogP) is 4.72. The van der Waals surface area contributed by atoms with Gasteiger partial charge in [-0.1, -0.05) is 0 Å². The van der Waals surface area contributed by atoms with Gasteiger partial charge >= 0.3 is 5.97 Å². The third kappa shape index (κ3) is 5.11. The summed E-state index contributed by atoms with van der Waals surface area (Å²) in [6.07, 6.45) is 11.7. The van der Waals surface area contributed by atoms with Gasteiger partial charge in [0.05, 0.1) is 32.2 Å². The molecule has 1 aromatic heterocycles. The second-order valence-electron chi connectivity index (χ2n) is 10.4. The number of aliphatic carboxylic acids is 1. The van der Waals surface area contributed by atoms with Crippen molar-refractivity contribution in [3.8, 4) is 22.9 Å². The molecular weight excluding hydrogens is 460 g/mol. The molecule has 0 atom stereocenters. The van der Waals surface area contributed by atoms with E-state index in [1.165, 1.54) is 50.2 Å². The Morgan fingerprint density at radius 2 is 1.83 bits per heavy atom. The van der Waals surface area contributed by atoms with Crippen molar-refractivity contribution in [2.45, 2.75) is 43.9 Å². The average molecular weight is 495 g/mol. The normalized spacial score (nSPS) is 26.4. The molecule has 0 unspecified atom stereocenters. The molecule has 8 heteroatoms. The van der Waals surface area contributed by atoms with Gasteiger partial charge in [0.25, 0.3) is 0 Å². The maximum Gasteiger partial charge on any atom is 0.328 e. The van der Waals surface area contributed by atoms with Gasteiger partial charge in [-0.15, -0.1) is 0 Å². The van der Waals surface area contributed by atoms with Gasteiger partial charge in [-0.25, -0.2) is 14.8 Å². The molecule has 4 aliphatic rings. The maximum absolute atomic E-state index is 10.9. The highest BCUT2D eigenvalue weighted by Gasteiger charge is 2.52. The van der Waals surface area contributed by atoms with Crippen molar-refractivity contribution in [1.29, 1.82) is 0 Å². The smallest absolute Gasteiger partial charge is 0.328 e. The van der Waals surface area contributed by atoms with Gasteiger partial charge in [0.15, 0.2) is 6.79 Å². The standard InChI is InChI=1S/C28H34N2O6/c1-33-7-8-35-17-36-24-5-3-21(26-27(34-2)30-22(16-29-26)4-6-25(31)32)12-23(24)28-13-18-9-19(14-28)11-20(10-18)15-28/h3-6,12,16,18-20H,7-11,13-15,17H2,1-2H3,(H,31,32)/b6-4+. The van der Waals surface area contributed by atoms with E-state index >= 15 is 0 Å². The van der Waals surface area contributed by atoms with Crippen molar-refractivity contribution < 1.29 is 28.8 Å². The van der Waals surface area contributed by atoms with E-state index in [0.29, 0.717) is 30.5 Å². The molecule has 4 saturated carbocycles. The first-order chi connectivity index (χ1) is 17.5. The molecule has 2 aromatic rings. The summed E-state index contributed by atoms with van der Waals surface area (Å²) in [4.78, 5) is 19.9. The van der Waals surface area contributed by atoms with E-state index < -0.39 is 5.97 Å². The quantitative estimate of drug-likeness (QED) is 0.272. The van der Waals surface area contributed by atoms with Crippen LogP contribution in [-0.2, 0) is 19.7 Å². The van der Waals surface area contributed by atoms with E-state index in [1.807, 2.05) is 12.1 Å². The van der Waals surface area contributed by atoms with Gasteiger partial charge in [0, 0.05) is 24.3 Å². The van der Waals surface area contributed by atoms with Crippen molar-refractivity contribution in [3.63, 3.8) is 0 Å². The summed E-state index contributed by atoms with van der Waals surface area (Å²) in [5, 5.41) is 8.92. The Hall–Kier alpha value is -2.97. The Morgan fingerprint density at radius 3 is 2.47 bits per heavy atom. The Morgan fingerprint density at radius 1 is 1.11 bits per heavy atom. The Balaban J connectivity index is 1.49. The van der Waals surface area contributed by atoms with Gasteiger partial charge in [-0.2, -0.15) is 0 Å². The molecule has 4 fully saturated rings. The number of carbonyl (C=O) groups is 1. The topological polar surface area (TPSA) is 100 Å². The lowest BCUT2D eigenvalue weighted by Crippen LogP contribution is -2.48. The number of hydrogen-bond acceptors (Lipinski definition) is 7. The summed E-state index contributed by atoms with van der Waals surface area (Å²) >= 11 is 0. The van der Waals surface area contributed by atoms with E-state index in [2.05, 4.69) is 16.0 Å². The molecule has 4 aliphatic carbocycles. The van der Waals surface area contributed by atoms with Gasteiger partial charge in [0.2, 0.25) is 5.88 Å². The van der Waals surface area contributed by atoms with Crippen LogP contribution in [0.1, 0.15) is 49.8 Å². The molecule has 1 heterocycles. The molecular formula is C28H34N2O6. The number of benzene rings is 1. The lowest BCUT2D eigenvalue weighted by molar-refractivity contribution is -0.131. The summed E-state index contributed by atoms with van der Waals surface area (Å²) in [6, 6.07) is 6.20. The molecule has 1 aromatic carbocycles. The monoisotopic (exact) mass is 494 g/mol. The number of carboxylic acids is 1. The Labute approximate surface area is 211 Å². The van der Waals surface area contributed by atoms with Crippen LogP contribution in [0.4, 0.5) is 0 Å². The minimum atomic E-state index is -1.04. The van der Waals surface area contributed by atoms with Crippen molar-refractivity contribution >= 4 is 12.0 Å². The highest BCUT2D eigenvalue weighted by atomic mass is 16.7. The molecule has 0 spiro atoms. The predicted molar refractivity (Wildman–Crippen MR) is 134 cm³/mol. The average Bonchev–Trinajstić information content (AvgIpc) is 2.86. The lowest BCUT2D eigenvalue weighted by atomic mass is 9.48. The summed E-state index contributed by atoms with van der Waals surface area (Å²) in [5.41, 5.74) is 3.29. The summed E-state index contributed by atoms with van der Waals surface area (Å²) < 4.78 is 22.4. The van der Waals surface area contributed by atoms with Crippen molar-refractivity contribution in [1.82, 2.24) is 9.97 Å². The second kappa shape index (κ2) is 10.6. The highest BCUT2D eigenvalue weighted by molar-refractivity contribution is 5.85. The van der Waals surface area contributed by atoms with Gasteiger partial charge in [0.1, 0.15) is 11.4 Å². The molecule has 4 bridgehead atoms. The van der Waals surface area contributed by atoms with Gasteiger partial charge in [-0.3, -0.25) is 0 Å². The zero-order valence-electron chi connectivity index (χ0n) is 20.9. The summed E-state index contributed by atoms with van der Waals surface area (Å²) in [6.45, 7) is 1.19. The Bertz CT molecular complexity index is 1100. The molecule has 0 amide bonds. The lowest BCUT2D eigenvalue weighted by Gasteiger charge is -2.57. The third-order valence-corrected chi connectivity index (χ3v) is 7.94.